The van der Waals surface area contributed by atoms with Crippen LogP contribution in [0.4, 0.5) is 0 Å². The lowest BCUT2D eigenvalue weighted by atomic mass is 9.93. The minimum absolute atomic E-state index is 0.510. The Bertz CT molecular complexity index is 760. The smallest absolute Gasteiger partial charge is 0.144 e. The lowest BCUT2D eigenvalue weighted by molar-refractivity contribution is 0.0786. The normalized spacial score (nSPS) is 14.4. The van der Waals surface area contributed by atoms with Crippen molar-refractivity contribution >= 4 is 45.2 Å². The molecule has 0 radical (unpaired) electrons. The number of rotatable bonds is 2. The molecule has 1 aromatic heterocycles. The summed E-state index contributed by atoms with van der Waals surface area (Å²) in [6.07, 6.45) is 0. The molecule has 1 N–H and O–H groups in total. The van der Waals surface area contributed by atoms with Gasteiger partial charge in [0.15, 0.2) is 0 Å². The van der Waals surface area contributed by atoms with Gasteiger partial charge in [-0.25, -0.2) is 0 Å². The van der Waals surface area contributed by atoms with Gasteiger partial charge in [-0.1, -0.05) is 23.7 Å². The van der Waals surface area contributed by atoms with Gasteiger partial charge in [0.25, 0.3) is 0 Å². The molecule has 3 aromatic rings. The Kier molecular flexibility index (Phi) is 3.52. The Morgan fingerprint density at radius 2 is 1.80 bits per heavy atom. The minimum atomic E-state index is -1.17. The van der Waals surface area contributed by atoms with Gasteiger partial charge in [0, 0.05) is 14.0 Å². The van der Waals surface area contributed by atoms with Crippen LogP contribution in [0.15, 0.2) is 52.9 Å². The van der Waals surface area contributed by atoms with Crippen molar-refractivity contribution in [3.05, 3.63) is 68.4 Å². The predicted octanol–water partition coefficient (Wildman–Crippen LogP) is 4.95. The summed E-state index contributed by atoms with van der Waals surface area (Å²) in [5.41, 5.74) is 0.341. The van der Waals surface area contributed by atoms with E-state index in [0.717, 1.165) is 20.1 Å². The van der Waals surface area contributed by atoms with E-state index >= 15 is 0 Å². The number of hydrogen-bond donors (Lipinski definition) is 1. The van der Waals surface area contributed by atoms with E-state index in [4.69, 9.17) is 16.0 Å². The van der Waals surface area contributed by atoms with Crippen molar-refractivity contribution in [3.63, 3.8) is 0 Å². The van der Waals surface area contributed by atoms with E-state index < -0.39 is 5.60 Å². The summed E-state index contributed by atoms with van der Waals surface area (Å²) < 4.78 is 6.89. The second-order valence-corrected chi connectivity index (χ2v) is 6.55. The van der Waals surface area contributed by atoms with Gasteiger partial charge >= 0.3 is 0 Å². The number of hydrogen-bond acceptors (Lipinski definition) is 2. The topological polar surface area (TPSA) is 33.4 Å². The van der Waals surface area contributed by atoms with Gasteiger partial charge in [-0.2, -0.15) is 0 Å². The van der Waals surface area contributed by atoms with Gasteiger partial charge in [0.05, 0.1) is 0 Å². The third kappa shape index (κ3) is 2.45. The third-order valence-corrected chi connectivity index (χ3v) is 4.32. The molecule has 20 heavy (non-hydrogen) atoms. The molecule has 4 heteroatoms. The molecule has 0 saturated heterocycles. The van der Waals surface area contributed by atoms with Crippen molar-refractivity contribution in [1.82, 2.24) is 0 Å². The van der Waals surface area contributed by atoms with Gasteiger partial charge in [0.2, 0.25) is 0 Å². The lowest BCUT2D eigenvalue weighted by Gasteiger charge is -2.21. The van der Waals surface area contributed by atoms with E-state index in [1.807, 2.05) is 42.5 Å². The van der Waals surface area contributed by atoms with Crippen molar-refractivity contribution in [1.29, 1.82) is 0 Å². The van der Waals surface area contributed by atoms with E-state index in [0.29, 0.717) is 10.8 Å². The summed E-state index contributed by atoms with van der Waals surface area (Å²) in [6.45, 7) is 1.73. The Hall–Kier alpha value is -1.04. The molecule has 0 fully saturated rings. The van der Waals surface area contributed by atoms with Gasteiger partial charge < -0.3 is 9.52 Å². The molecule has 3 rings (SSSR count). The van der Waals surface area contributed by atoms with Crippen molar-refractivity contribution in [2.45, 2.75) is 12.5 Å². The largest absolute Gasteiger partial charge is 0.458 e. The summed E-state index contributed by atoms with van der Waals surface area (Å²) >= 11 is 8.21. The highest BCUT2D eigenvalue weighted by molar-refractivity contribution is 14.1. The molecule has 1 atom stereocenters. The maximum atomic E-state index is 10.8. The van der Waals surface area contributed by atoms with E-state index in [9.17, 15) is 5.11 Å². The number of furan rings is 1. The molecule has 0 aliphatic rings. The second-order valence-electron chi connectivity index (χ2n) is 4.87. The van der Waals surface area contributed by atoms with Crippen LogP contribution in [0.25, 0.3) is 11.0 Å². The van der Waals surface area contributed by atoms with E-state index in [1.54, 1.807) is 13.0 Å². The lowest BCUT2D eigenvalue weighted by Crippen LogP contribution is -2.21. The number of fused-ring (bicyclic) bond motifs is 1. The monoisotopic (exact) mass is 398 g/mol. The number of aliphatic hydroxyl groups is 1. The number of halogens is 2. The van der Waals surface area contributed by atoms with Crippen LogP contribution in [-0.2, 0) is 5.60 Å². The quantitative estimate of drug-likeness (QED) is 0.620. The number of benzene rings is 2. The summed E-state index contributed by atoms with van der Waals surface area (Å²) in [4.78, 5) is 0. The zero-order valence-electron chi connectivity index (χ0n) is 10.7. The van der Waals surface area contributed by atoms with Crippen LogP contribution in [0, 0.1) is 3.57 Å². The Balaban J connectivity index is 2.10. The van der Waals surface area contributed by atoms with Crippen LogP contribution < -0.4 is 0 Å². The molecule has 102 valence electrons. The van der Waals surface area contributed by atoms with Gasteiger partial charge in [-0.3, -0.25) is 0 Å². The molecule has 0 aliphatic carbocycles. The fourth-order valence-corrected chi connectivity index (χ4v) is 2.71. The fraction of sp³-hybridized carbons (Fsp3) is 0.125. The first-order valence-electron chi connectivity index (χ1n) is 6.15. The first-order valence-corrected chi connectivity index (χ1v) is 7.60. The Morgan fingerprint density at radius 1 is 1.10 bits per heavy atom. The molecule has 1 heterocycles. The average molecular weight is 399 g/mol. The molecule has 0 aliphatic heterocycles. The van der Waals surface area contributed by atoms with Gasteiger partial charge in [0.1, 0.15) is 16.9 Å². The first-order chi connectivity index (χ1) is 9.46. The highest BCUT2D eigenvalue weighted by Crippen LogP contribution is 2.34. The average Bonchev–Trinajstić information content (AvgIpc) is 2.83. The standard InChI is InChI=1S/C16H12ClIO2/c1-16(19,11-2-5-13(18)6-3-11)15-9-10-8-12(17)4-7-14(10)20-15/h2-9,19H,1H3. The van der Waals surface area contributed by atoms with Crippen LogP contribution in [0.2, 0.25) is 5.02 Å². The summed E-state index contributed by atoms with van der Waals surface area (Å²) in [5.74, 6) is 0.510. The second kappa shape index (κ2) is 5.06. The van der Waals surface area contributed by atoms with E-state index in [1.165, 1.54) is 0 Å². The van der Waals surface area contributed by atoms with Crippen LogP contribution >= 0.6 is 34.2 Å². The molecule has 0 saturated carbocycles. The third-order valence-electron chi connectivity index (χ3n) is 3.36. The van der Waals surface area contributed by atoms with Crippen LogP contribution in [0.1, 0.15) is 18.2 Å². The SMILES string of the molecule is CC(O)(c1ccc(I)cc1)c1cc2cc(Cl)ccc2o1. The first kappa shape index (κ1) is 13.9. The van der Waals surface area contributed by atoms with Crippen molar-refractivity contribution in [3.8, 4) is 0 Å². The maximum Gasteiger partial charge on any atom is 0.144 e. The van der Waals surface area contributed by atoms with Crippen molar-refractivity contribution < 1.29 is 9.52 Å². The highest BCUT2D eigenvalue weighted by Gasteiger charge is 2.29. The molecule has 2 aromatic carbocycles. The molecule has 1 unspecified atom stereocenters. The van der Waals surface area contributed by atoms with E-state index in [-0.39, 0.29) is 0 Å². The zero-order valence-corrected chi connectivity index (χ0v) is 13.6. The maximum absolute atomic E-state index is 10.8. The van der Waals surface area contributed by atoms with Crippen LogP contribution in [0.3, 0.4) is 0 Å². The summed E-state index contributed by atoms with van der Waals surface area (Å²) in [5, 5.41) is 12.3. The van der Waals surface area contributed by atoms with Crippen LogP contribution in [0.5, 0.6) is 0 Å². The van der Waals surface area contributed by atoms with Crippen molar-refractivity contribution in [2.24, 2.45) is 0 Å². The fourth-order valence-electron chi connectivity index (χ4n) is 2.17. The van der Waals surface area contributed by atoms with Gasteiger partial charge in [-0.15, -0.1) is 0 Å². The molecular weight excluding hydrogens is 387 g/mol. The van der Waals surface area contributed by atoms with Gasteiger partial charge in [-0.05, 0) is 71.5 Å². The molecule has 0 bridgehead atoms. The Labute approximate surface area is 135 Å². The molecule has 0 spiro atoms. The summed E-state index contributed by atoms with van der Waals surface area (Å²) in [7, 11) is 0. The summed E-state index contributed by atoms with van der Waals surface area (Å²) in [6, 6.07) is 15.0. The van der Waals surface area contributed by atoms with Crippen molar-refractivity contribution in [2.75, 3.05) is 0 Å². The predicted molar refractivity (Wildman–Crippen MR) is 89.1 cm³/mol. The highest BCUT2D eigenvalue weighted by atomic mass is 127. The molecule has 2 nitrogen and oxygen atoms in total. The van der Waals surface area contributed by atoms with E-state index in [2.05, 4.69) is 22.6 Å². The minimum Gasteiger partial charge on any atom is -0.458 e. The molecular formula is C16H12ClIO2. The van der Waals surface area contributed by atoms with Crippen LogP contribution in [-0.4, -0.2) is 5.11 Å². The Morgan fingerprint density at radius 3 is 2.50 bits per heavy atom. The molecule has 0 amide bonds. The zero-order chi connectivity index (χ0) is 14.3.